The minimum atomic E-state index is -3.79. The number of halogens is 1. The van der Waals surface area contributed by atoms with Crippen LogP contribution in [0.1, 0.15) is 11.4 Å². The third-order valence-corrected chi connectivity index (χ3v) is 7.14. The van der Waals surface area contributed by atoms with Gasteiger partial charge in [-0.1, -0.05) is 11.6 Å². The number of hydrogen-bond donors (Lipinski definition) is 1. The monoisotopic (exact) mass is 476 g/mol. The van der Waals surface area contributed by atoms with E-state index in [9.17, 15) is 13.2 Å². The highest BCUT2D eigenvalue weighted by atomic mass is 35.5. The van der Waals surface area contributed by atoms with Crippen LogP contribution in [0.4, 0.5) is 5.69 Å². The first-order valence-electron chi connectivity index (χ1n) is 9.25. The van der Waals surface area contributed by atoms with E-state index in [0.29, 0.717) is 15.9 Å². The Bertz CT molecular complexity index is 1160. The van der Waals surface area contributed by atoms with Gasteiger partial charge in [-0.25, -0.2) is 18.4 Å². The Kier molecular flexibility index (Phi) is 7.32. The van der Waals surface area contributed by atoms with Crippen molar-refractivity contribution < 1.29 is 13.2 Å². The Hall–Kier alpha value is -2.46. The molecule has 0 bridgehead atoms. The molecule has 1 amide bonds. The summed E-state index contributed by atoms with van der Waals surface area (Å²) >= 11 is 7.23. The summed E-state index contributed by atoms with van der Waals surface area (Å²) < 4.78 is 26.2. The summed E-state index contributed by atoms with van der Waals surface area (Å²) in [6, 6.07) is 14.9. The third-order valence-electron chi connectivity index (χ3n) is 4.20. The van der Waals surface area contributed by atoms with Crippen molar-refractivity contribution in [1.82, 2.24) is 14.3 Å². The number of aromatic nitrogens is 2. The number of rotatable bonds is 7. The molecule has 162 valence electrons. The molecule has 1 N–H and O–H groups in total. The largest absolute Gasteiger partial charge is 0.325 e. The van der Waals surface area contributed by atoms with Crippen molar-refractivity contribution >= 4 is 45.0 Å². The number of sulfonamides is 1. The molecule has 3 rings (SSSR count). The number of amides is 1. The molecule has 0 radical (unpaired) electrons. The zero-order valence-electron chi connectivity index (χ0n) is 17.2. The van der Waals surface area contributed by atoms with Crippen molar-refractivity contribution in [2.45, 2.75) is 28.8 Å². The fourth-order valence-corrected chi connectivity index (χ4v) is 4.84. The van der Waals surface area contributed by atoms with Gasteiger partial charge in [0.1, 0.15) is 0 Å². The molecule has 0 aliphatic heterocycles. The number of anilines is 1. The van der Waals surface area contributed by atoms with Gasteiger partial charge in [0.25, 0.3) is 0 Å². The number of hydrogen-bond acceptors (Lipinski definition) is 6. The highest BCUT2D eigenvalue weighted by molar-refractivity contribution is 7.99. The summed E-state index contributed by atoms with van der Waals surface area (Å²) in [5.74, 6) is -0.446. The van der Waals surface area contributed by atoms with Gasteiger partial charge in [0.15, 0.2) is 5.16 Å². The number of nitrogens with one attached hydrogen (secondary N) is 1. The fraction of sp³-hybridized carbons (Fsp3) is 0.190. The molecule has 7 nitrogen and oxygen atoms in total. The molecule has 1 heterocycles. The first-order chi connectivity index (χ1) is 14.6. The molecule has 0 atom stereocenters. The van der Waals surface area contributed by atoms with Gasteiger partial charge >= 0.3 is 0 Å². The lowest BCUT2D eigenvalue weighted by Crippen LogP contribution is -2.34. The van der Waals surface area contributed by atoms with Crippen molar-refractivity contribution in [3.63, 3.8) is 0 Å². The van der Waals surface area contributed by atoms with Crippen molar-refractivity contribution in [2.75, 3.05) is 18.9 Å². The second kappa shape index (κ2) is 9.78. The SMILES string of the molecule is Cc1cc(C)nc(Sc2ccc(NC(=O)CN(C)S(=O)(=O)c3ccc(Cl)cc3)cc2)n1. The van der Waals surface area contributed by atoms with Gasteiger partial charge in [-0.3, -0.25) is 4.79 Å². The van der Waals surface area contributed by atoms with E-state index in [-0.39, 0.29) is 11.4 Å². The maximum atomic E-state index is 12.6. The number of likely N-dealkylation sites (N-methyl/N-ethyl adjacent to an activating group) is 1. The van der Waals surface area contributed by atoms with Crippen LogP contribution >= 0.6 is 23.4 Å². The van der Waals surface area contributed by atoms with Gasteiger partial charge < -0.3 is 5.32 Å². The number of nitrogens with zero attached hydrogens (tertiary/aromatic N) is 3. The quantitative estimate of drug-likeness (QED) is 0.515. The van der Waals surface area contributed by atoms with Gasteiger partial charge in [-0.05, 0) is 80.2 Å². The fourth-order valence-electron chi connectivity index (χ4n) is 2.73. The number of carbonyl (C=O) groups excluding carboxylic acids is 1. The summed E-state index contributed by atoms with van der Waals surface area (Å²) in [6.07, 6.45) is 0. The highest BCUT2D eigenvalue weighted by Crippen LogP contribution is 2.26. The van der Waals surface area contributed by atoms with Crippen molar-refractivity contribution in [3.8, 4) is 0 Å². The predicted octanol–water partition coefficient (Wildman–Crippen LogP) is 4.16. The molecule has 2 aromatic carbocycles. The molecule has 31 heavy (non-hydrogen) atoms. The van der Waals surface area contributed by atoms with Crippen LogP contribution in [-0.2, 0) is 14.8 Å². The van der Waals surface area contributed by atoms with E-state index in [1.165, 1.54) is 43.1 Å². The topological polar surface area (TPSA) is 92.3 Å². The minimum Gasteiger partial charge on any atom is -0.325 e. The van der Waals surface area contributed by atoms with Gasteiger partial charge in [-0.15, -0.1) is 0 Å². The van der Waals surface area contributed by atoms with E-state index in [1.54, 1.807) is 12.1 Å². The molecule has 1 aromatic heterocycles. The Balaban J connectivity index is 1.60. The summed E-state index contributed by atoms with van der Waals surface area (Å²) in [6.45, 7) is 3.51. The van der Waals surface area contributed by atoms with Crippen molar-refractivity contribution in [3.05, 3.63) is 71.0 Å². The van der Waals surface area contributed by atoms with Crippen LogP contribution in [0.2, 0.25) is 5.02 Å². The minimum absolute atomic E-state index is 0.0715. The van der Waals surface area contributed by atoms with Crippen LogP contribution in [0.3, 0.4) is 0 Å². The zero-order valence-corrected chi connectivity index (χ0v) is 19.6. The predicted molar refractivity (Wildman–Crippen MR) is 122 cm³/mol. The van der Waals surface area contributed by atoms with Crippen LogP contribution in [-0.4, -0.2) is 42.2 Å². The van der Waals surface area contributed by atoms with Crippen LogP contribution in [0.5, 0.6) is 0 Å². The summed E-state index contributed by atoms with van der Waals surface area (Å²) in [5, 5.41) is 3.80. The second-order valence-electron chi connectivity index (χ2n) is 6.82. The number of benzene rings is 2. The van der Waals surface area contributed by atoms with Crippen LogP contribution in [0.15, 0.2) is 69.5 Å². The van der Waals surface area contributed by atoms with E-state index in [4.69, 9.17) is 11.6 Å². The van der Waals surface area contributed by atoms with Gasteiger partial charge in [0, 0.05) is 34.0 Å². The molecule has 0 aliphatic carbocycles. The average Bonchev–Trinajstić information content (AvgIpc) is 2.69. The molecule has 3 aromatic rings. The summed E-state index contributed by atoms with van der Waals surface area (Å²) in [4.78, 5) is 22.1. The highest BCUT2D eigenvalue weighted by Gasteiger charge is 2.23. The summed E-state index contributed by atoms with van der Waals surface area (Å²) in [5.41, 5.74) is 2.36. The Labute approximate surface area is 190 Å². The first-order valence-corrected chi connectivity index (χ1v) is 11.9. The summed E-state index contributed by atoms with van der Waals surface area (Å²) in [7, 11) is -2.44. The lowest BCUT2D eigenvalue weighted by molar-refractivity contribution is -0.116. The molecule has 0 unspecified atom stereocenters. The van der Waals surface area contributed by atoms with Gasteiger partial charge in [-0.2, -0.15) is 4.31 Å². The Morgan fingerprint density at radius 2 is 1.61 bits per heavy atom. The smallest absolute Gasteiger partial charge is 0.243 e. The zero-order chi connectivity index (χ0) is 22.6. The molecular formula is C21H21ClN4O3S2. The maximum Gasteiger partial charge on any atom is 0.243 e. The van der Waals surface area contributed by atoms with E-state index in [0.717, 1.165) is 20.6 Å². The molecular weight excluding hydrogens is 456 g/mol. The average molecular weight is 477 g/mol. The van der Waals surface area contributed by atoms with Crippen LogP contribution < -0.4 is 5.32 Å². The molecule has 0 aliphatic rings. The van der Waals surface area contributed by atoms with Crippen molar-refractivity contribution in [1.29, 1.82) is 0 Å². The number of carbonyl (C=O) groups is 1. The van der Waals surface area contributed by atoms with E-state index in [2.05, 4.69) is 15.3 Å². The molecule has 0 saturated heterocycles. The number of aryl methyl sites for hydroxylation is 2. The molecule has 0 saturated carbocycles. The Morgan fingerprint density at radius 3 is 2.19 bits per heavy atom. The van der Waals surface area contributed by atoms with Crippen molar-refractivity contribution in [2.24, 2.45) is 0 Å². The first kappa shape index (κ1) is 23.2. The normalized spacial score (nSPS) is 11.5. The second-order valence-corrected chi connectivity index (χ2v) is 10.3. The van der Waals surface area contributed by atoms with E-state index in [1.807, 2.05) is 32.0 Å². The maximum absolute atomic E-state index is 12.6. The molecule has 10 heteroatoms. The van der Waals surface area contributed by atoms with E-state index >= 15 is 0 Å². The standard InChI is InChI=1S/C21H21ClN4O3S2/c1-14-12-15(2)24-21(23-14)30-18-8-6-17(7-9-18)25-20(27)13-26(3)31(28,29)19-10-4-16(22)5-11-19/h4-12H,13H2,1-3H3,(H,25,27). The third kappa shape index (κ3) is 6.27. The van der Waals surface area contributed by atoms with Crippen LogP contribution in [0.25, 0.3) is 0 Å². The molecule has 0 spiro atoms. The molecule has 0 fully saturated rings. The lowest BCUT2D eigenvalue weighted by atomic mass is 10.3. The van der Waals surface area contributed by atoms with Gasteiger partial charge in [0.05, 0.1) is 11.4 Å². The van der Waals surface area contributed by atoms with Gasteiger partial charge in [0.2, 0.25) is 15.9 Å². The van der Waals surface area contributed by atoms with Crippen LogP contribution in [0, 0.1) is 13.8 Å². The lowest BCUT2D eigenvalue weighted by Gasteiger charge is -2.17. The Morgan fingerprint density at radius 1 is 1.03 bits per heavy atom. The van der Waals surface area contributed by atoms with E-state index < -0.39 is 15.9 Å².